The van der Waals surface area contributed by atoms with E-state index in [4.69, 9.17) is 15.0 Å². The molecule has 0 N–H and O–H groups in total. The molecule has 0 aliphatic rings. The van der Waals surface area contributed by atoms with Crippen molar-refractivity contribution in [2.24, 2.45) is 0 Å². The third kappa shape index (κ3) is 6.99. The number of fused-ring (bicyclic) bond motifs is 18. The molecule has 0 bridgehead atoms. The summed E-state index contributed by atoms with van der Waals surface area (Å²) in [5.41, 5.74) is 16.0. The summed E-state index contributed by atoms with van der Waals surface area (Å²) < 4.78 is 6.79. The summed E-state index contributed by atoms with van der Waals surface area (Å²) in [6.07, 6.45) is 11.6. The van der Waals surface area contributed by atoms with Gasteiger partial charge in [0.2, 0.25) is 0 Å². The van der Waals surface area contributed by atoms with Gasteiger partial charge in [-0.15, -0.1) is 89.0 Å². The van der Waals surface area contributed by atoms with E-state index >= 15 is 0 Å². The largest absolute Gasteiger partial charge is 3.00 e. The molecule has 0 amide bonds. The predicted molar refractivity (Wildman–Crippen MR) is 281 cm³/mol. The van der Waals surface area contributed by atoms with Gasteiger partial charge in [0, 0.05) is 52.2 Å². The summed E-state index contributed by atoms with van der Waals surface area (Å²) in [6, 6.07) is 71.1. The first kappa shape index (κ1) is 42.2. The topological polar surface area (TPSA) is 51.9 Å². The molecule has 0 radical (unpaired) electrons. The molecule has 334 valence electrons. The Bertz CT molecular complexity index is 3940. The minimum Gasteiger partial charge on any atom is -0.340 e. The number of imidazole rings is 3. The number of nitrogens with zero attached hydrogens (tertiary/aromatic N) is 6. The van der Waals surface area contributed by atoms with Crippen molar-refractivity contribution in [2.75, 3.05) is 0 Å². The second kappa shape index (κ2) is 17.2. The van der Waals surface area contributed by atoms with Crippen LogP contribution in [0.5, 0.6) is 0 Å². The Kier molecular flexibility index (Phi) is 10.4. The van der Waals surface area contributed by atoms with Crippen LogP contribution in [0.15, 0.2) is 188 Å². The molecule has 6 heterocycles. The number of aryl methyl sites for hydroxylation is 6. The normalized spacial score (nSPS) is 11.9. The summed E-state index contributed by atoms with van der Waals surface area (Å²) in [5, 5.41) is 10.3. The first-order valence-corrected chi connectivity index (χ1v) is 24.0. The first-order chi connectivity index (χ1) is 34.2. The van der Waals surface area contributed by atoms with E-state index in [2.05, 4.69) is 202 Å². The molecule has 0 aliphatic heterocycles. The summed E-state index contributed by atoms with van der Waals surface area (Å²) in [4.78, 5) is 16.0. The minimum absolute atomic E-state index is 0. The Morgan fingerprint density at radius 1 is 0.357 bits per heavy atom. The molecule has 7 heteroatoms. The molecule has 0 atom stereocenters. The van der Waals surface area contributed by atoms with Gasteiger partial charge in [0.15, 0.2) is 0 Å². The molecule has 0 fully saturated rings. The van der Waals surface area contributed by atoms with Crippen LogP contribution in [0.3, 0.4) is 0 Å². The quantitative estimate of drug-likeness (QED) is 0.101. The average Bonchev–Trinajstić information content (AvgIpc) is 4.18. The van der Waals surface area contributed by atoms with Gasteiger partial charge in [-0.3, -0.25) is 15.0 Å². The maximum Gasteiger partial charge on any atom is 3.00 e. The maximum absolute atomic E-state index is 5.34. The molecule has 8 aromatic carbocycles. The number of aromatic nitrogens is 6. The van der Waals surface area contributed by atoms with Crippen molar-refractivity contribution in [1.29, 1.82) is 0 Å². The van der Waals surface area contributed by atoms with Gasteiger partial charge in [-0.05, 0) is 101 Å². The van der Waals surface area contributed by atoms with Gasteiger partial charge in [-0.25, -0.2) is 0 Å². The minimum atomic E-state index is 0. The van der Waals surface area contributed by atoms with Gasteiger partial charge in [0.05, 0.1) is 16.9 Å². The van der Waals surface area contributed by atoms with Crippen LogP contribution in [0.1, 0.15) is 33.8 Å². The van der Waals surface area contributed by atoms with E-state index in [-0.39, 0.29) is 20.1 Å². The van der Waals surface area contributed by atoms with E-state index in [9.17, 15) is 0 Å². The average molecular weight is 1080 g/mol. The van der Waals surface area contributed by atoms with Gasteiger partial charge < -0.3 is 13.2 Å². The number of benzene rings is 8. The van der Waals surface area contributed by atoms with Crippen molar-refractivity contribution >= 4 is 82.0 Å². The van der Waals surface area contributed by atoms with Crippen LogP contribution in [0.25, 0.3) is 93.1 Å². The molecular weight excluding hydrogens is 1030 g/mol. The molecule has 0 saturated heterocycles. The molecule has 0 saturated carbocycles. The zero-order valence-electron chi connectivity index (χ0n) is 38.2. The molecule has 14 aromatic rings. The monoisotopic (exact) mass is 1080 g/mol. The summed E-state index contributed by atoms with van der Waals surface area (Å²) >= 11 is 0. The van der Waals surface area contributed by atoms with Crippen molar-refractivity contribution in [3.63, 3.8) is 0 Å². The number of hydrogen-bond acceptors (Lipinski definition) is 3. The number of hydrogen-bond donors (Lipinski definition) is 0. The third-order valence-electron chi connectivity index (χ3n) is 14.3. The van der Waals surface area contributed by atoms with Crippen molar-refractivity contribution < 1.29 is 20.1 Å². The molecule has 6 aromatic heterocycles. The maximum atomic E-state index is 5.34. The van der Waals surface area contributed by atoms with E-state index in [0.29, 0.717) is 0 Å². The van der Waals surface area contributed by atoms with Crippen LogP contribution in [0.4, 0.5) is 0 Å². The van der Waals surface area contributed by atoms with Gasteiger partial charge in [-0.2, -0.15) is 0 Å². The predicted octanol–water partition coefficient (Wildman–Crippen LogP) is 14.0. The Morgan fingerprint density at radius 3 is 1.13 bits per heavy atom. The zero-order valence-corrected chi connectivity index (χ0v) is 40.6. The number of pyridine rings is 3. The van der Waals surface area contributed by atoms with Crippen LogP contribution >= 0.6 is 0 Å². The van der Waals surface area contributed by atoms with Crippen molar-refractivity contribution in [1.82, 2.24) is 28.2 Å². The summed E-state index contributed by atoms with van der Waals surface area (Å²) in [6.45, 7) is 0. The van der Waals surface area contributed by atoms with E-state index in [1.165, 1.54) is 60.1 Å². The van der Waals surface area contributed by atoms with Crippen molar-refractivity contribution in [3.05, 3.63) is 240 Å². The van der Waals surface area contributed by atoms with Crippen LogP contribution in [0, 0.1) is 18.2 Å². The molecule has 0 unspecified atom stereocenters. The standard InChI is InChI=1S/C63H43N6.Ir/c1-2-16-42(17-3-1)60-43(31-34-46-39-68-58-28-14-11-22-52(58)49-19-5-8-25-55(49)62(68)65-46)36-41(30-33-45-38-67-57-27-13-10-21-51(57)48-18-4-7-24-54(48)61(67)64-45)37-44(60)32-35-47-40-69-59-29-15-12-23-53(59)50-20-6-9-26-56(50)63(69)66-47;/h1-23,27-29,36-40H,30-35H2;/q-3;+3. The van der Waals surface area contributed by atoms with E-state index in [1.807, 2.05) is 18.2 Å². The Labute approximate surface area is 417 Å². The molecule has 6 nitrogen and oxygen atoms in total. The second-order valence-electron chi connectivity index (χ2n) is 18.4. The summed E-state index contributed by atoms with van der Waals surface area (Å²) in [5.74, 6) is 0. The fourth-order valence-electron chi connectivity index (χ4n) is 11.2. The third-order valence-corrected chi connectivity index (χ3v) is 14.3. The van der Waals surface area contributed by atoms with Crippen molar-refractivity contribution in [2.45, 2.75) is 38.5 Å². The molecular formula is C63H43IrN6. The molecule has 70 heavy (non-hydrogen) atoms. The molecule has 14 rings (SSSR count). The zero-order chi connectivity index (χ0) is 45.4. The molecule has 0 aliphatic carbocycles. The number of para-hydroxylation sites is 3. The Morgan fingerprint density at radius 2 is 0.714 bits per heavy atom. The van der Waals surface area contributed by atoms with Gasteiger partial charge in [-0.1, -0.05) is 113 Å². The smallest absolute Gasteiger partial charge is 0.340 e. The molecule has 0 spiro atoms. The van der Waals surface area contributed by atoms with E-state index in [0.717, 1.165) is 105 Å². The SMILES string of the molecule is [Ir+3].[c-]1cccc2c1c1nc(CCc3cc(CCc4cn5c6ccccc6c6ccc[c-]c6c5n4)c(-c4ccccc4)c(CCc4cn5c6ccccc6c6ccc[c-]c6c5n4)c3)cn1c1ccccc21. The van der Waals surface area contributed by atoms with E-state index in [1.54, 1.807) is 0 Å². The van der Waals surface area contributed by atoms with Crippen LogP contribution in [-0.2, 0) is 58.6 Å². The van der Waals surface area contributed by atoms with E-state index < -0.39 is 0 Å². The fraction of sp³-hybridized carbons (Fsp3) is 0.0952. The number of rotatable bonds is 10. The second-order valence-corrected chi connectivity index (χ2v) is 18.4. The van der Waals surface area contributed by atoms with Crippen LogP contribution < -0.4 is 0 Å². The Hall–Kier alpha value is -7.96. The van der Waals surface area contributed by atoms with Gasteiger partial charge in [0.25, 0.3) is 0 Å². The van der Waals surface area contributed by atoms with Gasteiger partial charge >= 0.3 is 20.1 Å². The van der Waals surface area contributed by atoms with Crippen molar-refractivity contribution in [3.8, 4) is 11.1 Å². The Balaban J connectivity index is 0.00000480. The van der Waals surface area contributed by atoms with Crippen LogP contribution in [0.2, 0.25) is 0 Å². The van der Waals surface area contributed by atoms with Gasteiger partial charge in [0.1, 0.15) is 0 Å². The fourth-order valence-corrected chi connectivity index (χ4v) is 11.2. The summed E-state index contributed by atoms with van der Waals surface area (Å²) in [7, 11) is 0. The first-order valence-electron chi connectivity index (χ1n) is 24.0. The van der Waals surface area contributed by atoms with Crippen LogP contribution in [-0.4, -0.2) is 28.2 Å².